The number of carbonyl (C=O) groups is 1. The maximum absolute atomic E-state index is 10.5. The normalized spacial score (nSPS) is 12.1. The summed E-state index contributed by atoms with van der Waals surface area (Å²) in [5, 5.41) is 8.67. The van der Waals surface area contributed by atoms with E-state index >= 15 is 0 Å². The molecule has 1 aromatic carbocycles. The second-order valence-electron chi connectivity index (χ2n) is 4.28. The van der Waals surface area contributed by atoms with Gasteiger partial charge in [-0.25, -0.2) is 0 Å². The van der Waals surface area contributed by atoms with Gasteiger partial charge in [-0.05, 0) is 31.9 Å². The van der Waals surface area contributed by atoms with Crippen molar-refractivity contribution in [3.8, 4) is 0 Å². The highest BCUT2D eigenvalue weighted by molar-refractivity contribution is 5.66. The zero-order chi connectivity index (χ0) is 12.7. The molecule has 0 aliphatic heterocycles. The molecule has 1 N–H and O–H groups in total. The van der Waals surface area contributed by atoms with Crippen LogP contribution in [0.1, 0.15) is 33.1 Å². The Bertz CT molecular complexity index is 337. The summed E-state index contributed by atoms with van der Waals surface area (Å²) in [6.45, 7) is 5.12. The lowest BCUT2D eigenvalue weighted by atomic mass is 10.1. The lowest BCUT2D eigenvalue weighted by Gasteiger charge is -2.30. The van der Waals surface area contributed by atoms with E-state index in [0.29, 0.717) is 12.5 Å². The van der Waals surface area contributed by atoms with Crippen molar-refractivity contribution in [3.05, 3.63) is 30.3 Å². The molecule has 0 fully saturated rings. The number of aliphatic carboxylic acids is 1. The van der Waals surface area contributed by atoms with Gasteiger partial charge in [0.15, 0.2) is 0 Å². The molecule has 1 aromatic rings. The van der Waals surface area contributed by atoms with Crippen LogP contribution in [0.5, 0.6) is 0 Å². The first-order chi connectivity index (χ1) is 8.15. The van der Waals surface area contributed by atoms with E-state index in [-0.39, 0.29) is 6.42 Å². The molecular weight excluding hydrogens is 214 g/mol. The van der Waals surface area contributed by atoms with Gasteiger partial charge in [-0.1, -0.05) is 25.1 Å². The molecule has 0 aliphatic rings. The minimum absolute atomic E-state index is 0.236. The summed E-state index contributed by atoms with van der Waals surface area (Å²) in [6, 6.07) is 10.6. The topological polar surface area (TPSA) is 40.5 Å². The third-order valence-corrected chi connectivity index (χ3v) is 3.00. The smallest absolute Gasteiger partial charge is 0.303 e. The highest BCUT2D eigenvalue weighted by Crippen LogP contribution is 2.18. The number of nitrogens with zero attached hydrogens (tertiary/aromatic N) is 1. The molecule has 94 valence electrons. The molecule has 1 rings (SSSR count). The maximum Gasteiger partial charge on any atom is 0.303 e. The number of carboxylic acids is 1. The van der Waals surface area contributed by atoms with Gasteiger partial charge in [0.1, 0.15) is 0 Å². The van der Waals surface area contributed by atoms with Crippen molar-refractivity contribution in [2.24, 2.45) is 0 Å². The molecule has 0 saturated heterocycles. The molecule has 1 unspecified atom stereocenters. The number of rotatable bonds is 7. The van der Waals surface area contributed by atoms with Gasteiger partial charge in [0.2, 0.25) is 0 Å². The second kappa shape index (κ2) is 6.94. The Morgan fingerprint density at radius 2 is 2.00 bits per heavy atom. The first kappa shape index (κ1) is 13.6. The predicted octanol–water partition coefficient (Wildman–Crippen LogP) is 3.16. The van der Waals surface area contributed by atoms with Crippen molar-refractivity contribution in [2.75, 3.05) is 11.4 Å². The van der Waals surface area contributed by atoms with Gasteiger partial charge in [-0.3, -0.25) is 4.79 Å². The Morgan fingerprint density at radius 3 is 2.53 bits per heavy atom. The molecular formula is C14H21NO2. The predicted molar refractivity (Wildman–Crippen MR) is 70.4 cm³/mol. The van der Waals surface area contributed by atoms with E-state index in [1.807, 2.05) is 18.2 Å². The molecule has 0 amide bonds. The molecule has 3 nitrogen and oxygen atoms in total. The fraction of sp³-hybridized carbons (Fsp3) is 0.500. The zero-order valence-electron chi connectivity index (χ0n) is 10.6. The van der Waals surface area contributed by atoms with E-state index in [4.69, 9.17) is 5.11 Å². The van der Waals surface area contributed by atoms with Crippen molar-refractivity contribution < 1.29 is 9.90 Å². The zero-order valence-corrected chi connectivity index (χ0v) is 10.6. The van der Waals surface area contributed by atoms with E-state index in [9.17, 15) is 4.79 Å². The van der Waals surface area contributed by atoms with Crippen LogP contribution in [0.4, 0.5) is 5.69 Å². The first-order valence-electron chi connectivity index (χ1n) is 6.18. The van der Waals surface area contributed by atoms with Crippen LogP contribution in [0.2, 0.25) is 0 Å². The molecule has 0 heterocycles. The quantitative estimate of drug-likeness (QED) is 0.789. The molecule has 0 aromatic heterocycles. The van der Waals surface area contributed by atoms with Gasteiger partial charge in [-0.15, -0.1) is 0 Å². The number of hydrogen-bond acceptors (Lipinski definition) is 2. The summed E-state index contributed by atoms with van der Waals surface area (Å²) in [4.78, 5) is 12.8. The summed E-state index contributed by atoms with van der Waals surface area (Å²) in [5.41, 5.74) is 1.17. The Morgan fingerprint density at radius 1 is 1.35 bits per heavy atom. The molecule has 17 heavy (non-hydrogen) atoms. The third kappa shape index (κ3) is 4.47. The third-order valence-electron chi connectivity index (χ3n) is 3.00. The number of carboxylic acid groups (broad SMARTS) is 1. The Balaban J connectivity index is 2.64. The monoisotopic (exact) mass is 235 g/mol. The van der Waals surface area contributed by atoms with E-state index in [2.05, 4.69) is 30.9 Å². The van der Waals surface area contributed by atoms with Crippen LogP contribution in [0, 0.1) is 0 Å². The number of hydrogen-bond donors (Lipinski definition) is 1. The van der Waals surface area contributed by atoms with E-state index in [1.165, 1.54) is 5.69 Å². The lowest BCUT2D eigenvalue weighted by molar-refractivity contribution is -0.137. The van der Waals surface area contributed by atoms with Gasteiger partial charge >= 0.3 is 5.97 Å². The first-order valence-corrected chi connectivity index (χ1v) is 6.18. The molecule has 0 saturated carbocycles. The van der Waals surface area contributed by atoms with Gasteiger partial charge in [0.25, 0.3) is 0 Å². The largest absolute Gasteiger partial charge is 0.481 e. The van der Waals surface area contributed by atoms with Gasteiger partial charge in [0.05, 0.1) is 0 Å². The van der Waals surface area contributed by atoms with E-state index in [0.717, 1.165) is 13.0 Å². The van der Waals surface area contributed by atoms with Crippen molar-refractivity contribution in [2.45, 2.75) is 39.2 Å². The van der Waals surface area contributed by atoms with Crippen LogP contribution < -0.4 is 4.90 Å². The molecule has 0 bridgehead atoms. The Kier molecular flexibility index (Phi) is 5.53. The molecule has 1 atom stereocenters. The Labute approximate surface area is 103 Å². The van der Waals surface area contributed by atoms with Crippen LogP contribution in [-0.4, -0.2) is 23.7 Å². The minimum atomic E-state index is -0.720. The van der Waals surface area contributed by atoms with Crippen molar-refractivity contribution in [3.63, 3.8) is 0 Å². The fourth-order valence-corrected chi connectivity index (χ4v) is 1.84. The second-order valence-corrected chi connectivity index (χ2v) is 4.28. The van der Waals surface area contributed by atoms with Crippen LogP contribution in [0.3, 0.4) is 0 Å². The number of benzene rings is 1. The summed E-state index contributed by atoms with van der Waals surface area (Å²) in [5.74, 6) is -0.720. The highest BCUT2D eigenvalue weighted by atomic mass is 16.4. The van der Waals surface area contributed by atoms with Crippen LogP contribution in [0.15, 0.2) is 30.3 Å². The average Bonchev–Trinajstić information content (AvgIpc) is 2.34. The summed E-state index contributed by atoms with van der Waals surface area (Å²) in [6.07, 6.45) is 1.98. The average molecular weight is 235 g/mol. The molecule has 0 spiro atoms. The van der Waals surface area contributed by atoms with Crippen LogP contribution in [0.25, 0.3) is 0 Å². The van der Waals surface area contributed by atoms with E-state index in [1.54, 1.807) is 0 Å². The standard InChI is InChI=1S/C14H21NO2/c1-3-12(2)15(11-7-10-14(16)17)13-8-5-4-6-9-13/h4-6,8-9,12H,3,7,10-11H2,1-2H3,(H,16,17). The molecule has 3 heteroatoms. The molecule has 0 radical (unpaired) electrons. The van der Waals surface area contributed by atoms with Crippen LogP contribution >= 0.6 is 0 Å². The van der Waals surface area contributed by atoms with Gasteiger partial charge in [0, 0.05) is 24.7 Å². The SMILES string of the molecule is CCC(C)N(CCCC(=O)O)c1ccccc1. The summed E-state index contributed by atoms with van der Waals surface area (Å²) < 4.78 is 0. The summed E-state index contributed by atoms with van der Waals surface area (Å²) >= 11 is 0. The van der Waals surface area contributed by atoms with E-state index < -0.39 is 5.97 Å². The van der Waals surface area contributed by atoms with Gasteiger partial charge in [-0.2, -0.15) is 0 Å². The van der Waals surface area contributed by atoms with Crippen molar-refractivity contribution in [1.29, 1.82) is 0 Å². The van der Waals surface area contributed by atoms with Crippen molar-refractivity contribution in [1.82, 2.24) is 0 Å². The van der Waals surface area contributed by atoms with Crippen molar-refractivity contribution >= 4 is 11.7 Å². The molecule has 0 aliphatic carbocycles. The van der Waals surface area contributed by atoms with Crippen LogP contribution in [-0.2, 0) is 4.79 Å². The maximum atomic E-state index is 10.5. The number of anilines is 1. The highest BCUT2D eigenvalue weighted by Gasteiger charge is 2.12. The minimum Gasteiger partial charge on any atom is -0.481 e. The number of para-hydroxylation sites is 1. The van der Waals surface area contributed by atoms with Gasteiger partial charge < -0.3 is 10.0 Å². The lowest BCUT2D eigenvalue weighted by Crippen LogP contribution is -2.33. The Hall–Kier alpha value is -1.51. The fourth-order valence-electron chi connectivity index (χ4n) is 1.84. The summed E-state index contributed by atoms with van der Waals surface area (Å²) in [7, 11) is 0.